The van der Waals surface area contributed by atoms with Crippen LogP contribution in [-0.2, 0) is 22.9 Å². The number of carbonyl (C=O) groups is 1. The van der Waals surface area contributed by atoms with Crippen LogP contribution >= 0.6 is 23.8 Å². The van der Waals surface area contributed by atoms with Crippen molar-refractivity contribution in [3.05, 3.63) is 0 Å². The zero-order chi connectivity index (χ0) is 14.0. The summed E-state index contributed by atoms with van der Waals surface area (Å²) in [5.74, 6) is -0.152. The largest absolute Gasteiger partial charge is 0.475 e. The maximum absolute atomic E-state index is 11.7. The van der Waals surface area contributed by atoms with E-state index in [1.807, 2.05) is 0 Å². The Hall–Kier alpha value is 0.260. The number of rotatable bonds is 11. The standard InChI is InChI=1S/C11H22BrO5P/c1-4-5-6-7-8-9-10(13)11(12)17-18(14,15-2)16-3/h11H,4-9H2,1-3H3. The third-order valence-electron chi connectivity index (χ3n) is 2.45. The number of phosphoric acid groups is 1. The van der Waals surface area contributed by atoms with E-state index in [0.29, 0.717) is 6.42 Å². The lowest BCUT2D eigenvalue weighted by atomic mass is 10.1. The van der Waals surface area contributed by atoms with E-state index in [9.17, 15) is 9.36 Å². The Morgan fingerprint density at radius 2 is 1.72 bits per heavy atom. The second-order valence-corrected chi connectivity index (χ2v) is 6.53. The zero-order valence-corrected chi connectivity index (χ0v) is 13.7. The van der Waals surface area contributed by atoms with E-state index in [1.54, 1.807) is 0 Å². The van der Waals surface area contributed by atoms with Crippen molar-refractivity contribution in [3.63, 3.8) is 0 Å². The van der Waals surface area contributed by atoms with Crippen molar-refractivity contribution in [1.29, 1.82) is 0 Å². The highest BCUT2D eigenvalue weighted by Crippen LogP contribution is 2.49. The molecule has 18 heavy (non-hydrogen) atoms. The van der Waals surface area contributed by atoms with Crippen LogP contribution in [-0.4, -0.2) is 25.0 Å². The summed E-state index contributed by atoms with van der Waals surface area (Å²) in [6.07, 6.45) is 5.72. The van der Waals surface area contributed by atoms with E-state index in [-0.39, 0.29) is 5.78 Å². The molecule has 0 aliphatic rings. The first kappa shape index (κ1) is 18.3. The van der Waals surface area contributed by atoms with Crippen molar-refractivity contribution < 1.29 is 22.9 Å². The van der Waals surface area contributed by atoms with Gasteiger partial charge in [0.25, 0.3) is 0 Å². The molecule has 0 aliphatic heterocycles. The molecule has 0 aromatic heterocycles. The van der Waals surface area contributed by atoms with Crippen LogP contribution < -0.4 is 0 Å². The summed E-state index contributed by atoms with van der Waals surface area (Å²) in [4.78, 5) is 11.7. The summed E-state index contributed by atoms with van der Waals surface area (Å²) in [5.41, 5.74) is 0. The van der Waals surface area contributed by atoms with Gasteiger partial charge in [-0.05, 0) is 22.4 Å². The van der Waals surface area contributed by atoms with Gasteiger partial charge in [-0.25, -0.2) is 4.57 Å². The van der Waals surface area contributed by atoms with Crippen molar-refractivity contribution in [2.24, 2.45) is 0 Å². The molecule has 0 aliphatic carbocycles. The van der Waals surface area contributed by atoms with Crippen molar-refractivity contribution in [2.75, 3.05) is 14.2 Å². The highest BCUT2D eigenvalue weighted by molar-refractivity contribution is 9.09. The zero-order valence-electron chi connectivity index (χ0n) is 11.2. The first-order valence-corrected chi connectivity index (χ1v) is 8.43. The molecule has 0 saturated heterocycles. The molecule has 0 aromatic rings. The molecular weight excluding hydrogens is 323 g/mol. The molecular formula is C11H22BrO5P. The fraction of sp³-hybridized carbons (Fsp3) is 0.909. The van der Waals surface area contributed by atoms with Crippen molar-refractivity contribution in [1.82, 2.24) is 0 Å². The number of Topliss-reactive ketones (excluding diaryl/α,β-unsaturated/α-hetero) is 1. The van der Waals surface area contributed by atoms with Gasteiger partial charge in [0, 0.05) is 20.6 Å². The average Bonchev–Trinajstić information content (AvgIpc) is 2.38. The Bertz CT molecular complexity index is 277. The molecule has 1 atom stereocenters. The molecule has 0 radical (unpaired) electrons. The van der Waals surface area contributed by atoms with Gasteiger partial charge in [-0.3, -0.25) is 18.4 Å². The lowest BCUT2D eigenvalue weighted by Crippen LogP contribution is -2.17. The molecule has 0 fully saturated rings. The van der Waals surface area contributed by atoms with Crippen LogP contribution in [0.25, 0.3) is 0 Å². The van der Waals surface area contributed by atoms with Crippen molar-refractivity contribution >= 4 is 29.5 Å². The molecule has 0 heterocycles. The highest BCUT2D eigenvalue weighted by Gasteiger charge is 2.30. The topological polar surface area (TPSA) is 61.8 Å². The summed E-state index contributed by atoms with van der Waals surface area (Å²) in [6.45, 7) is 2.14. The second-order valence-electron chi connectivity index (χ2n) is 3.86. The Labute approximate surface area is 117 Å². The monoisotopic (exact) mass is 344 g/mol. The summed E-state index contributed by atoms with van der Waals surface area (Å²) >= 11 is 3.04. The molecule has 0 spiro atoms. The quantitative estimate of drug-likeness (QED) is 0.321. The highest BCUT2D eigenvalue weighted by atomic mass is 79.9. The Morgan fingerprint density at radius 1 is 1.17 bits per heavy atom. The Kier molecular flexibility index (Phi) is 10.2. The number of hydrogen-bond acceptors (Lipinski definition) is 5. The van der Waals surface area contributed by atoms with Gasteiger partial charge in [0.2, 0.25) is 0 Å². The molecule has 0 saturated carbocycles. The average molecular weight is 345 g/mol. The smallest absolute Gasteiger partial charge is 0.296 e. The molecule has 0 rings (SSSR count). The van der Waals surface area contributed by atoms with Gasteiger partial charge in [-0.15, -0.1) is 0 Å². The minimum atomic E-state index is -3.61. The molecule has 0 bridgehead atoms. The Balaban J connectivity index is 3.93. The van der Waals surface area contributed by atoms with Crippen LogP contribution in [0.4, 0.5) is 0 Å². The van der Waals surface area contributed by atoms with E-state index in [4.69, 9.17) is 4.52 Å². The minimum absolute atomic E-state index is 0.152. The number of carbonyl (C=O) groups excluding carboxylic acids is 1. The molecule has 1 unspecified atom stereocenters. The number of alkyl halides is 1. The van der Waals surface area contributed by atoms with E-state index in [2.05, 4.69) is 31.9 Å². The van der Waals surface area contributed by atoms with Crippen LogP contribution in [0, 0.1) is 0 Å². The number of unbranched alkanes of at least 4 members (excludes halogenated alkanes) is 4. The molecule has 0 amide bonds. The van der Waals surface area contributed by atoms with Crippen LogP contribution in [0.2, 0.25) is 0 Å². The first-order chi connectivity index (χ1) is 8.49. The molecule has 108 valence electrons. The van der Waals surface area contributed by atoms with Crippen LogP contribution in [0.5, 0.6) is 0 Å². The normalized spacial score (nSPS) is 13.6. The first-order valence-electron chi connectivity index (χ1n) is 6.05. The predicted octanol–water partition coefficient (Wildman–Crippen LogP) is 4.05. The molecule has 0 aromatic carbocycles. The van der Waals surface area contributed by atoms with E-state index < -0.39 is 12.8 Å². The molecule has 5 nitrogen and oxygen atoms in total. The number of phosphoric ester groups is 1. The summed E-state index contributed by atoms with van der Waals surface area (Å²) in [5, 5.41) is -0.950. The predicted molar refractivity (Wildman–Crippen MR) is 73.8 cm³/mol. The van der Waals surface area contributed by atoms with E-state index in [0.717, 1.165) is 19.3 Å². The van der Waals surface area contributed by atoms with Gasteiger partial charge in [0.15, 0.2) is 10.8 Å². The fourth-order valence-corrected chi connectivity index (χ4v) is 2.86. The van der Waals surface area contributed by atoms with Gasteiger partial charge < -0.3 is 0 Å². The number of ketones is 1. The van der Waals surface area contributed by atoms with Gasteiger partial charge >= 0.3 is 7.82 Å². The second kappa shape index (κ2) is 10.1. The Morgan fingerprint density at radius 3 is 2.22 bits per heavy atom. The fourth-order valence-electron chi connectivity index (χ4n) is 1.35. The molecule has 7 heteroatoms. The molecule has 0 N–H and O–H groups in total. The number of hydrogen-bond donors (Lipinski definition) is 0. The van der Waals surface area contributed by atoms with E-state index >= 15 is 0 Å². The number of halogens is 1. The third-order valence-corrected chi connectivity index (χ3v) is 4.80. The van der Waals surface area contributed by atoms with Crippen LogP contribution in [0.1, 0.15) is 45.4 Å². The maximum atomic E-state index is 11.7. The van der Waals surface area contributed by atoms with Crippen molar-refractivity contribution in [2.45, 2.75) is 50.5 Å². The van der Waals surface area contributed by atoms with E-state index in [1.165, 1.54) is 27.1 Å². The lowest BCUT2D eigenvalue weighted by molar-refractivity contribution is -0.122. The van der Waals surface area contributed by atoms with Crippen LogP contribution in [0.3, 0.4) is 0 Å². The van der Waals surface area contributed by atoms with Crippen molar-refractivity contribution in [3.8, 4) is 0 Å². The van der Waals surface area contributed by atoms with Crippen LogP contribution in [0.15, 0.2) is 0 Å². The summed E-state index contributed by atoms with van der Waals surface area (Å²) in [6, 6.07) is 0. The third kappa shape index (κ3) is 7.64. The lowest BCUT2D eigenvalue weighted by Gasteiger charge is -2.16. The summed E-state index contributed by atoms with van der Waals surface area (Å²) < 4.78 is 25.8. The van der Waals surface area contributed by atoms with Gasteiger partial charge in [-0.2, -0.15) is 0 Å². The summed E-state index contributed by atoms with van der Waals surface area (Å²) in [7, 11) is -1.19. The SMILES string of the molecule is CCCCCCCC(=O)C(Br)OP(=O)(OC)OC. The van der Waals surface area contributed by atoms with Gasteiger partial charge in [0.1, 0.15) is 0 Å². The van der Waals surface area contributed by atoms with Gasteiger partial charge in [-0.1, -0.05) is 32.6 Å². The van der Waals surface area contributed by atoms with Gasteiger partial charge in [0.05, 0.1) is 0 Å². The minimum Gasteiger partial charge on any atom is -0.296 e. The maximum Gasteiger partial charge on any atom is 0.475 e.